The molecule has 6 nitrogen and oxygen atoms in total. The van der Waals surface area contributed by atoms with E-state index in [4.69, 9.17) is 46.1 Å². The summed E-state index contributed by atoms with van der Waals surface area (Å²) >= 11 is 18.2. The molecule has 0 aromatic heterocycles. The highest BCUT2D eigenvalue weighted by Crippen LogP contribution is 2.31. The van der Waals surface area contributed by atoms with Gasteiger partial charge in [0, 0.05) is 40.5 Å². The molecular weight excluding hydrogens is 477 g/mol. The Balaban J connectivity index is 1.66. The van der Waals surface area contributed by atoms with E-state index < -0.39 is 6.17 Å². The van der Waals surface area contributed by atoms with Gasteiger partial charge in [-0.3, -0.25) is 4.79 Å². The van der Waals surface area contributed by atoms with Crippen LogP contribution in [-0.4, -0.2) is 29.9 Å². The summed E-state index contributed by atoms with van der Waals surface area (Å²) in [4.78, 5) is 19.6. The minimum atomic E-state index is -0.959. The van der Waals surface area contributed by atoms with Crippen molar-refractivity contribution >= 4 is 63.5 Å². The zero-order valence-electron chi connectivity index (χ0n) is 17.7. The van der Waals surface area contributed by atoms with Crippen LogP contribution in [0.25, 0.3) is 0 Å². The Kier molecular flexibility index (Phi) is 6.83. The Bertz CT molecular complexity index is 1250. The molecule has 0 aliphatic carbocycles. The van der Waals surface area contributed by atoms with E-state index in [1.165, 1.54) is 0 Å². The number of carbonyl (C=O) groups excluding carboxylic acids is 1. The van der Waals surface area contributed by atoms with Crippen LogP contribution in [0.1, 0.15) is 16.7 Å². The van der Waals surface area contributed by atoms with Gasteiger partial charge in [0.05, 0.1) is 11.4 Å². The second-order valence-electron chi connectivity index (χ2n) is 7.49. The van der Waals surface area contributed by atoms with Crippen molar-refractivity contribution in [2.45, 2.75) is 12.7 Å². The number of rotatable bonds is 4. The number of benzene rings is 3. The van der Waals surface area contributed by atoms with Crippen LogP contribution in [0.15, 0.2) is 71.7 Å². The average Bonchev–Trinajstić information content (AvgIpc) is 2.89. The van der Waals surface area contributed by atoms with Crippen LogP contribution in [0, 0.1) is 0 Å². The van der Waals surface area contributed by atoms with Crippen LogP contribution in [0.5, 0.6) is 0 Å². The van der Waals surface area contributed by atoms with E-state index >= 15 is 0 Å². The maximum atomic E-state index is 13.3. The van der Waals surface area contributed by atoms with E-state index in [0.29, 0.717) is 49.9 Å². The fourth-order valence-corrected chi connectivity index (χ4v) is 4.08. The van der Waals surface area contributed by atoms with Crippen molar-refractivity contribution in [3.8, 4) is 0 Å². The first kappa shape index (κ1) is 23.0. The van der Waals surface area contributed by atoms with Crippen molar-refractivity contribution in [3.63, 3.8) is 0 Å². The molecule has 168 valence electrons. The number of nitrogens with two attached hydrogens (primary N) is 1. The van der Waals surface area contributed by atoms with Crippen LogP contribution in [-0.2, 0) is 11.3 Å². The smallest absolute Gasteiger partial charge is 0.272 e. The molecule has 0 radical (unpaired) electrons. The number of hydrogen-bond donors (Lipinski definition) is 3. The van der Waals surface area contributed by atoms with E-state index in [9.17, 15) is 4.79 Å². The number of thiocarbonyl (C=S) groups is 1. The summed E-state index contributed by atoms with van der Waals surface area (Å²) in [5.41, 5.74) is 10.0. The Morgan fingerprint density at radius 3 is 2.55 bits per heavy atom. The summed E-state index contributed by atoms with van der Waals surface area (Å²) < 4.78 is 0. The summed E-state index contributed by atoms with van der Waals surface area (Å²) in [6.07, 6.45) is -0.959. The topological polar surface area (TPSA) is 82.8 Å². The van der Waals surface area contributed by atoms with Gasteiger partial charge in [0.15, 0.2) is 5.11 Å². The minimum absolute atomic E-state index is 0.266. The number of nitrogen functional groups attached to an aromatic ring is 1. The van der Waals surface area contributed by atoms with E-state index in [-0.39, 0.29) is 5.91 Å². The number of nitrogens with zero attached hydrogens (tertiary/aromatic N) is 2. The minimum Gasteiger partial charge on any atom is -0.399 e. The molecule has 1 amide bonds. The average molecular weight is 498 g/mol. The first-order chi connectivity index (χ1) is 15.8. The van der Waals surface area contributed by atoms with Gasteiger partial charge in [-0.15, -0.1) is 0 Å². The number of fused-ring (bicyclic) bond motifs is 1. The van der Waals surface area contributed by atoms with Crippen molar-refractivity contribution in [2.75, 3.05) is 17.7 Å². The number of nitrogens with one attached hydrogen (secondary N) is 2. The van der Waals surface area contributed by atoms with Crippen LogP contribution in [0.4, 0.5) is 11.4 Å². The van der Waals surface area contributed by atoms with Crippen LogP contribution in [0.2, 0.25) is 10.0 Å². The van der Waals surface area contributed by atoms with E-state index in [1.54, 1.807) is 36.2 Å². The van der Waals surface area contributed by atoms with E-state index in [2.05, 4.69) is 10.6 Å². The van der Waals surface area contributed by atoms with Gasteiger partial charge in [0.25, 0.3) is 5.91 Å². The maximum absolute atomic E-state index is 13.3. The predicted molar refractivity (Wildman–Crippen MR) is 139 cm³/mol. The molecule has 3 aromatic carbocycles. The lowest BCUT2D eigenvalue weighted by atomic mass is 10.00. The number of carbonyl (C=O) groups is 1. The molecule has 1 aliphatic rings. The monoisotopic (exact) mass is 497 g/mol. The molecule has 0 saturated heterocycles. The fourth-order valence-electron chi connectivity index (χ4n) is 3.50. The van der Waals surface area contributed by atoms with Crippen LogP contribution in [0.3, 0.4) is 0 Å². The molecule has 1 unspecified atom stereocenters. The number of aliphatic imine (C=N–C) groups is 1. The van der Waals surface area contributed by atoms with Gasteiger partial charge >= 0.3 is 0 Å². The molecule has 1 heterocycles. The molecule has 9 heteroatoms. The molecule has 0 fully saturated rings. The first-order valence-corrected chi connectivity index (χ1v) is 11.3. The zero-order valence-corrected chi connectivity index (χ0v) is 20.0. The van der Waals surface area contributed by atoms with Gasteiger partial charge in [-0.1, -0.05) is 53.5 Å². The fraction of sp³-hybridized carbons (Fsp3) is 0.125. The van der Waals surface area contributed by atoms with Crippen molar-refractivity contribution < 1.29 is 4.79 Å². The molecule has 0 bridgehead atoms. The summed E-state index contributed by atoms with van der Waals surface area (Å²) in [7, 11) is 1.69. The van der Waals surface area contributed by atoms with Gasteiger partial charge in [0.2, 0.25) is 6.17 Å². The third-order valence-electron chi connectivity index (χ3n) is 5.23. The van der Waals surface area contributed by atoms with E-state index in [0.717, 1.165) is 5.56 Å². The second-order valence-corrected chi connectivity index (χ2v) is 8.74. The van der Waals surface area contributed by atoms with Crippen molar-refractivity contribution in [3.05, 3.63) is 93.5 Å². The maximum Gasteiger partial charge on any atom is 0.272 e. The van der Waals surface area contributed by atoms with Gasteiger partial charge in [-0.25, -0.2) is 4.99 Å². The highest BCUT2D eigenvalue weighted by Gasteiger charge is 2.31. The highest BCUT2D eigenvalue weighted by molar-refractivity contribution is 7.80. The van der Waals surface area contributed by atoms with Crippen molar-refractivity contribution in [2.24, 2.45) is 4.99 Å². The van der Waals surface area contributed by atoms with E-state index in [1.807, 2.05) is 42.5 Å². The molecule has 33 heavy (non-hydrogen) atoms. The first-order valence-electron chi connectivity index (χ1n) is 10.1. The number of anilines is 2. The van der Waals surface area contributed by atoms with Crippen LogP contribution >= 0.6 is 35.4 Å². The SMILES string of the molecule is CN1C(=O)C(NC(=S)NCc2ccc(N)cc2)N=C(c2ccccc2Cl)c2cc(Cl)ccc21. The summed E-state index contributed by atoms with van der Waals surface area (Å²) in [6.45, 7) is 0.472. The van der Waals surface area contributed by atoms with Crippen LogP contribution < -0.4 is 21.3 Å². The molecule has 0 spiro atoms. The van der Waals surface area contributed by atoms with Crippen molar-refractivity contribution in [1.82, 2.24) is 10.6 Å². The molecule has 4 N–H and O–H groups in total. The lowest BCUT2D eigenvalue weighted by Crippen LogP contribution is -2.49. The summed E-state index contributed by atoms with van der Waals surface area (Å²) in [5, 5.41) is 7.48. The number of hydrogen-bond acceptors (Lipinski definition) is 4. The molecular formula is C24H21Cl2N5OS. The zero-order chi connectivity index (χ0) is 23.5. The Morgan fingerprint density at radius 2 is 1.82 bits per heavy atom. The number of halogens is 2. The van der Waals surface area contributed by atoms with Gasteiger partial charge in [0.1, 0.15) is 0 Å². The lowest BCUT2D eigenvalue weighted by molar-refractivity contribution is -0.119. The van der Waals surface area contributed by atoms with Crippen molar-refractivity contribution in [1.29, 1.82) is 0 Å². The molecule has 1 aliphatic heterocycles. The van der Waals surface area contributed by atoms with Gasteiger partial charge < -0.3 is 21.3 Å². The summed E-state index contributed by atoms with van der Waals surface area (Å²) in [5.74, 6) is -0.266. The van der Waals surface area contributed by atoms with Gasteiger partial charge in [-0.05, 0) is 54.2 Å². The molecule has 1 atom stereocenters. The Hall–Kier alpha value is -3.13. The standard InChI is InChI=1S/C24H21Cl2N5OS/c1-31-20-11-8-15(25)12-18(20)21(17-4-2-3-5-19(17)26)29-22(23(31)32)30-24(33)28-13-14-6-9-16(27)10-7-14/h2-12,22H,13,27H2,1H3,(H2,28,30,33). The third-order valence-corrected chi connectivity index (χ3v) is 6.05. The number of amides is 1. The predicted octanol–water partition coefficient (Wildman–Crippen LogP) is 4.38. The largest absolute Gasteiger partial charge is 0.399 e. The highest BCUT2D eigenvalue weighted by atomic mass is 35.5. The lowest BCUT2D eigenvalue weighted by Gasteiger charge is -2.22. The normalized spacial score (nSPS) is 15.4. The number of benzodiazepines with no additional fused rings is 1. The third kappa shape index (κ3) is 5.11. The summed E-state index contributed by atoms with van der Waals surface area (Å²) in [6, 6.07) is 20.1. The second kappa shape index (κ2) is 9.79. The quantitative estimate of drug-likeness (QED) is 0.368. The Morgan fingerprint density at radius 1 is 1.09 bits per heavy atom. The number of likely N-dealkylation sites (N-methyl/N-ethyl adjacent to an activating group) is 1. The van der Waals surface area contributed by atoms with Gasteiger partial charge in [-0.2, -0.15) is 0 Å². The molecule has 0 saturated carbocycles. The molecule has 3 aromatic rings. The molecule has 4 rings (SSSR count). The Labute approximate surface area is 207 Å².